The average molecular weight is 246 g/mol. The van der Waals surface area contributed by atoms with Gasteiger partial charge in [0.25, 0.3) is 0 Å². The SMILES string of the molecule is C=C(C)CSCc1nnc(-c2ccccc2)o1. The Bertz CT molecular complexity index is 493. The summed E-state index contributed by atoms with van der Waals surface area (Å²) in [7, 11) is 0. The lowest BCUT2D eigenvalue weighted by atomic mass is 10.2. The van der Waals surface area contributed by atoms with E-state index in [1.54, 1.807) is 11.8 Å². The highest BCUT2D eigenvalue weighted by molar-refractivity contribution is 7.98. The second kappa shape index (κ2) is 5.68. The topological polar surface area (TPSA) is 38.9 Å². The van der Waals surface area contributed by atoms with Crippen molar-refractivity contribution < 1.29 is 4.42 Å². The van der Waals surface area contributed by atoms with Gasteiger partial charge in [-0.3, -0.25) is 0 Å². The minimum Gasteiger partial charge on any atom is -0.420 e. The Morgan fingerprint density at radius 1 is 1.29 bits per heavy atom. The van der Waals surface area contributed by atoms with E-state index < -0.39 is 0 Å². The molecule has 2 aromatic rings. The number of thioether (sulfide) groups is 1. The Morgan fingerprint density at radius 3 is 2.76 bits per heavy atom. The predicted octanol–water partition coefficient (Wildman–Crippen LogP) is 3.55. The molecule has 1 aromatic carbocycles. The Kier molecular flexibility index (Phi) is 3.98. The quantitative estimate of drug-likeness (QED) is 0.756. The van der Waals surface area contributed by atoms with E-state index >= 15 is 0 Å². The van der Waals surface area contributed by atoms with Gasteiger partial charge in [0, 0.05) is 11.3 Å². The summed E-state index contributed by atoms with van der Waals surface area (Å²) < 4.78 is 5.58. The first-order chi connectivity index (χ1) is 8.25. The lowest BCUT2D eigenvalue weighted by molar-refractivity contribution is 0.528. The summed E-state index contributed by atoms with van der Waals surface area (Å²) in [5.74, 6) is 2.89. The van der Waals surface area contributed by atoms with Gasteiger partial charge in [0.05, 0.1) is 5.75 Å². The van der Waals surface area contributed by atoms with Crippen molar-refractivity contribution in [1.29, 1.82) is 0 Å². The Labute approximate surface area is 105 Å². The van der Waals surface area contributed by atoms with Crippen molar-refractivity contribution in [2.45, 2.75) is 12.7 Å². The van der Waals surface area contributed by atoms with Crippen LogP contribution in [0.25, 0.3) is 11.5 Å². The Morgan fingerprint density at radius 2 is 2.06 bits per heavy atom. The van der Waals surface area contributed by atoms with Crippen molar-refractivity contribution in [1.82, 2.24) is 10.2 Å². The van der Waals surface area contributed by atoms with Crippen molar-refractivity contribution in [3.05, 3.63) is 48.4 Å². The van der Waals surface area contributed by atoms with Crippen molar-refractivity contribution in [3.63, 3.8) is 0 Å². The van der Waals surface area contributed by atoms with Crippen LogP contribution in [0.4, 0.5) is 0 Å². The second-order valence-corrected chi connectivity index (χ2v) is 4.80. The van der Waals surface area contributed by atoms with E-state index in [0.717, 1.165) is 22.6 Å². The van der Waals surface area contributed by atoms with Gasteiger partial charge in [-0.05, 0) is 19.1 Å². The minimum absolute atomic E-state index is 0.580. The maximum atomic E-state index is 5.58. The van der Waals surface area contributed by atoms with Crippen LogP contribution in [0.3, 0.4) is 0 Å². The molecule has 0 N–H and O–H groups in total. The molecule has 88 valence electrons. The van der Waals surface area contributed by atoms with E-state index in [1.807, 2.05) is 37.3 Å². The van der Waals surface area contributed by atoms with Crippen LogP contribution in [0.1, 0.15) is 12.8 Å². The van der Waals surface area contributed by atoms with Crippen LogP contribution in [-0.4, -0.2) is 16.0 Å². The third kappa shape index (κ3) is 3.46. The smallest absolute Gasteiger partial charge is 0.247 e. The highest BCUT2D eigenvalue weighted by Gasteiger charge is 2.07. The van der Waals surface area contributed by atoms with Crippen molar-refractivity contribution in [2.75, 3.05) is 5.75 Å². The number of nitrogens with zero attached hydrogens (tertiary/aromatic N) is 2. The normalized spacial score (nSPS) is 10.4. The summed E-state index contributed by atoms with van der Waals surface area (Å²) >= 11 is 1.73. The lowest BCUT2D eigenvalue weighted by Gasteiger charge is -1.96. The molecule has 0 aliphatic rings. The van der Waals surface area contributed by atoms with Gasteiger partial charge in [-0.15, -0.1) is 22.0 Å². The third-order valence-corrected chi connectivity index (χ3v) is 3.21. The van der Waals surface area contributed by atoms with Crippen LogP contribution in [0, 0.1) is 0 Å². The molecule has 1 heterocycles. The first-order valence-electron chi connectivity index (χ1n) is 5.35. The fourth-order valence-electron chi connectivity index (χ4n) is 1.32. The molecule has 0 amide bonds. The molecule has 4 heteroatoms. The zero-order valence-corrected chi connectivity index (χ0v) is 10.5. The van der Waals surface area contributed by atoms with Crippen molar-refractivity contribution >= 4 is 11.8 Å². The molecule has 17 heavy (non-hydrogen) atoms. The highest BCUT2D eigenvalue weighted by atomic mass is 32.2. The molecular weight excluding hydrogens is 232 g/mol. The fraction of sp³-hybridized carbons (Fsp3) is 0.231. The second-order valence-electron chi connectivity index (χ2n) is 3.82. The summed E-state index contributed by atoms with van der Waals surface area (Å²) in [4.78, 5) is 0. The van der Waals surface area contributed by atoms with Crippen LogP contribution >= 0.6 is 11.8 Å². The molecule has 0 saturated carbocycles. The van der Waals surface area contributed by atoms with Crippen LogP contribution in [-0.2, 0) is 5.75 Å². The van der Waals surface area contributed by atoms with Crippen LogP contribution < -0.4 is 0 Å². The average Bonchev–Trinajstić information content (AvgIpc) is 2.78. The van der Waals surface area contributed by atoms with Crippen LogP contribution in [0.5, 0.6) is 0 Å². The van der Waals surface area contributed by atoms with E-state index in [-0.39, 0.29) is 0 Å². The molecule has 0 aliphatic carbocycles. The maximum absolute atomic E-state index is 5.58. The van der Waals surface area contributed by atoms with Crippen LogP contribution in [0.2, 0.25) is 0 Å². The van der Waals surface area contributed by atoms with Gasteiger partial charge >= 0.3 is 0 Å². The predicted molar refractivity (Wildman–Crippen MR) is 70.7 cm³/mol. The lowest BCUT2D eigenvalue weighted by Crippen LogP contribution is -1.83. The molecule has 0 spiro atoms. The summed E-state index contributed by atoms with van der Waals surface area (Å²) in [6.07, 6.45) is 0. The molecule has 0 aliphatic heterocycles. The molecule has 0 saturated heterocycles. The molecule has 0 unspecified atom stereocenters. The fourth-order valence-corrected chi connectivity index (χ4v) is 2.06. The van der Waals surface area contributed by atoms with Gasteiger partial charge in [0.2, 0.25) is 11.8 Å². The van der Waals surface area contributed by atoms with E-state index in [9.17, 15) is 0 Å². The van der Waals surface area contributed by atoms with E-state index in [4.69, 9.17) is 4.42 Å². The van der Waals surface area contributed by atoms with Crippen LogP contribution in [0.15, 0.2) is 46.9 Å². The monoisotopic (exact) mass is 246 g/mol. The molecule has 0 bridgehead atoms. The highest BCUT2D eigenvalue weighted by Crippen LogP contribution is 2.19. The Balaban J connectivity index is 1.99. The zero-order chi connectivity index (χ0) is 12.1. The molecule has 1 aromatic heterocycles. The van der Waals surface area contributed by atoms with Crippen molar-refractivity contribution in [3.8, 4) is 11.5 Å². The van der Waals surface area contributed by atoms with Gasteiger partial charge in [0.1, 0.15) is 0 Å². The maximum Gasteiger partial charge on any atom is 0.247 e. The molecule has 2 rings (SSSR count). The van der Waals surface area contributed by atoms with E-state index in [2.05, 4.69) is 16.8 Å². The van der Waals surface area contributed by atoms with Gasteiger partial charge in [-0.25, -0.2) is 0 Å². The van der Waals surface area contributed by atoms with Crippen molar-refractivity contribution in [2.24, 2.45) is 0 Å². The number of aromatic nitrogens is 2. The van der Waals surface area contributed by atoms with E-state index in [1.165, 1.54) is 0 Å². The number of hydrogen-bond donors (Lipinski definition) is 0. The molecule has 0 atom stereocenters. The summed E-state index contributed by atoms with van der Waals surface area (Å²) in [6.45, 7) is 5.86. The third-order valence-electron chi connectivity index (χ3n) is 2.06. The number of hydrogen-bond acceptors (Lipinski definition) is 4. The van der Waals surface area contributed by atoms with E-state index in [0.29, 0.717) is 11.8 Å². The summed E-state index contributed by atoms with van der Waals surface area (Å²) in [5, 5.41) is 8.05. The Hall–Kier alpha value is -1.55. The summed E-state index contributed by atoms with van der Waals surface area (Å²) in [5.41, 5.74) is 2.11. The standard InChI is InChI=1S/C13H14N2OS/c1-10(2)8-17-9-12-14-15-13(16-12)11-6-4-3-5-7-11/h3-7H,1,8-9H2,2H3. The largest absolute Gasteiger partial charge is 0.420 e. The van der Waals surface area contributed by atoms with Gasteiger partial charge in [0.15, 0.2) is 0 Å². The molecule has 0 radical (unpaired) electrons. The molecule has 0 fully saturated rings. The van der Waals surface area contributed by atoms with Gasteiger partial charge < -0.3 is 4.42 Å². The first kappa shape index (κ1) is 11.9. The summed E-state index contributed by atoms with van der Waals surface area (Å²) in [6, 6.07) is 9.78. The first-order valence-corrected chi connectivity index (χ1v) is 6.51. The minimum atomic E-state index is 0.580. The molecule has 3 nitrogen and oxygen atoms in total. The van der Waals surface area contributed by atoms with Gasteiger partial charge in [-0.2, -0.15) is 0 Å². The van der Waals surface area contributed by atoms with Gasteiger partial charge in [-0.1, -0.05) is 30.4 Å². The zero-order valence-electron chi connectivity index (χ0n) is 9.72. The number of rotatable bonds is 5. The number of benzene rings is 1. The molecular formula is C13H14N2OS.